The Bertz CT molecular complexity index is 300. The van der Waals surface area contributed by atoms with Gasteiger partial charge in [-0.2, -0.15) is 0 Å². The van der Waals surface area contributed by atoms with E-state index in [4.69, 9.17) is 0 Å². The van der Waals surface area contributed by atoms with Gasteiger partial charge in [0.25, 0.3) is 0 Å². The summed E-state index contributed by atoms with van der Waals surface area (Å²) in [5, 5.41) is 22.0. The van der Waals surface area contributed by atoms with Gasteiger partial charge in [0.05, 0.1) is 18.2 Å². The van der Waals surface area contributed by atoms with Crippen LogP contribution in [0.25, 0.3) is 0 Å². The predicted molar refractivity (Wildman–Crippen MR) is 65.2 cm³/mol. The molecule has 0 saturated heterocycles. The number of aliphatic hydroxyl groups is 2. The Morgan fingerprint density at radius 2 is 1.94 bits per heavy atom. The maximum atomic E-state index is 9.48. The highest BCUT2D eigenvalue weighted by molar-refractivity contribution is 5.23. The Hall–Kier alpha value is -0.900. The molecule has 1 aromatic rings. The number of hydrogen-bond donors (Lipinski definition) is 3. The number of aliphatic hydroxyl groups excluding tert-OH is 2. The summed E-state index contributed by atoms with van der Waals surface area (Å²) >= 11 is 0. The summed E-state index contributed by atoms with van der Waals surface area (Å²) in [6.07, 6.45) is 0.369. The van der Waals surface area contributed by atoms with Crippen molar-refractivity contribution >= 4 is 0 Å². The third-order valence-electron chi connectivity index (χ3n) is 2.80. The first kappa shape index (κ1) is 13.2. The zero-order valence-electron chi connectivity index (χ0n) is 9.98. The maximum absolute atomic E-state index is 9.48. The van der Waals surface area contributed by atoms with Crippen molar-refractivity contribution < 1.29 is 10.2 Å². The molecule has 2 unspecified atom stereocenters. The van der Waals surface area contributed by atoms with Crippen molar-refractivity contribution in [1.82, 2.24) is 5.32 Å². The van der Waals surface area contributed by atoms with E-state index < -0.39 is 5.54 Å². The molecule has 1 aromatic carbocycles. The molecule has 90 valence electrons. The van der Waals surface area contributed by atoms with Crippen LogP contribution in [0.5, 0.6) is 0 Å². The molecule has 3 N–H and O–H groups in total. The molecule has 2 atom stereocenters. The minimum atomic E-state index is -0.434. The smallest absolute Gasteiger partial charge is 0.0652 e. The van der Waals surface area contributed by atoms with E-state index >= 15 is 0 Å². The minimum absolute atomic E-state index is 0.0385. The number of hydrogen-bond acceptors (Lipinski definition) is 3. The molecule has 16 heavy (non-hydrogen) atoms. The number of benzene rings is 1. The van der Waals surface area contributed by atoms with Gasteiger partial charge in [0, 0.05) is 0 Å². The Balaban J connectivity index is 2.63. The fourth-order valence-electron chi connectivity index (χ4n) is 1.61. The molecule has 0 fully saturated rings. The molecule has 0 amide bonds. The first-order chi connectivity index (χ1) is 7.58. The van der Waals surface area contributed by atoms with Crippen LogP contribution in [0, 0.1) is 0 Å². The molecular weight excluding hydrogens is 202 g/mol. The molecule has 0 bridgehead atoms. The van der Waals surface area contributed by atoms with E-state index in [1.165, 1.54) is 0 Å². The molecule has 0 spiro atoms. The maximum Gasteiger partial charge on any atom is 0.0652 e. The van der Waals surface area contributed by atoms with Gasteiger partial charge in [-0.25, -0.2) is 0 Å². The fourth-order valence-corrected chi connectivity index (χ4v) is 1.61. The lowest BCUT2D eigenvalue weighted by Gasteiger charge is -2.29. The Kier molecular flexibility index (Phi) is 4.93. The number of rotatable bonds is 6. The van der Waals surface area contributed by atoms with Crippen LogP contribution in [0.4, 0.5) is 0 Å². The zero-order chi connectivity index (χ0) is 12.0. The summed E-state index contributed by atoms with van der Waals surface area (Å²) in [5.74, 6) is 0. The summed E-state index contributed by atoms with van der Waals surface area (Å²) < 4.78 is 0. The van der Waals surface area contributed by atoms with Crippen molar-refractivity contribution in [3.05, 3.63) is 35.9 Å². The van der Waals surface area contributed by atoms with Crippen molar-refractivity contribution in [2.24, 2.45) is 0 Å². The van der Waals surface area contributed by atoms with Gasteiger partial charge in [0.15, 0.2) is 0 Å². The zero-order valence-corrected chi connectivity index (χ0v) is 9.98. The van der Waals surface area contributed by atoms with E-state index in [1.54, 1.807) is 6.92 Å². The van der Waals surface area contributed by atoms with Gasteiger partial charge in [0.1, 0.15) is 0 Å². The molecule has 0 aromatic heterocycles. The largest absolute Gasteiger partial charge is 0.394 e. The standard InChI is InChI=1S/C13H21NO2/c1-11(16)8-9-14-13(2,10-15)12-6-4-3-5-7-12/h3-7,11,14-16H,8-10H2,1-2H3. The van der Waals surface area contributed by atoms with Crippen LogP contribution >= 0.6 is 0 Å². The van der Waals surface area contributed by atoms with Gasteiger partial charge in [-0.1, -0.05) is 30.3 Å². The van der Waals surface area contributed by atoms with Crippen LogP contribution in [0.15, 0.2) is 30.3 Å². The van der Waals surface area contributed by atoms with E-state index in [9.17, 15) is 10.2 Å². The molecule has 1 rings (SSSR count). The van der Waals surface area contributed by atoms with Gasteiger partial charge < -0.3 is 15.5 Å². The molecule has 0 radical (unpaired) electrons. The van der Waals surface area contributed by atoms with Crippen molar-refractivity contribution in [3.8, 4) is 0 Å². The van der Waals surface area contributed by atoms with E-state index in [0.29, 0.717) is 13.0 Å². The summed E-state index contributed by atoms with van der Waals surface area (Å²) in [7, 11) is 0. The van der Waals surface area contributed by atoms with Crippen molar-refractivity contribution in [2.75, 3.05) is 13.2 Å². The summed E-state index contributed by atoms with van der Waals surface area (Å²) in [5.41, 5.74) is 0.624. The average molecular weight is 223 g/mol. The third-order valence-corrected chi connectivity index (χ3v) is 2.80. The van der Waals surface area contributed by atoms with Gasteiger partial charge in [-0.15, -0.1) is 0 Å². The average Bonchev–Trinajstić information content (AvgIpc) is 2.29. The van der Waals surface area contributed by atoms with Crippen LogP contribution in [-0.2, 0) is 5.54 Å². The summed E-state index contributed by atoms with van der Waals surface area (Å²) in [6, 6.07) is 9.85. The lowest BCUT2D eigenvalue weighted by atomic mass is 9.93. The van der Waals surface area contributed by atoms with Crippen molar-refractivity contribution in [1.29, 1.82) is 0 Å². The van der Waals surface area contributed by atoms with E-state index in [2.05, 4.69) is 5.32 Å². The summed E-state index contributed by atoms with van der Waals surface area (Å²) in [4.78, 5) is 0. The Morgan fingerprint density at radius 1 is 1.31 bits per heavy atom. The van der Waals surface area contributed by atoms with Crippen molar-refractivity contribution in [2.45, 2.75) is 31.9 Å². The molecule has 3 heteroatoms. The van der Waals surface area contributed by atoms with Crippen LogP contribution in [-0.4, -0.2) is 29.5 Å². The lowest BCUT2D eigenvalue weighted by Crippen LogP contribution is -2.43. The van der Waals surface area contributed by atoms with Gasteiger partial charge >= 0.3 is 0 Å². The highest BCUT2D eigenvalue weighted by Crippen LogP contribution is 2.19. The van der Waals surface area contributed by atoms with E-state index in [0.717, 1.165) is 5.56 Å². The van der Waals surface area contributed by atoms with Gasteiger partial charge in [-0.3, -0.25) is 0 Å². The van der Waals surface area contributed by atoms with Crippen LogP contribution < -0.4 is 5.32 Å². The third kappa shape index (κ3) is 3.59. The second-order valence-corrected chi connectivity index (χ2v) is 4.42. The Morgan fingerprint density at radius 3 is 2.44 bits per heavy atom. The predicted octanol–water partition coefficient (Wildman–Crippen LogP) is 1.25. The molecule has 0 aliphatic rings. The summed E-state index contributed by atoms with van der Waals surface area (Å²) in [6.45, 7) is 4.45. The quantitative estimate of drug-likeness (QED) is 0.680. The van der Waals surface area contributed by atoms with Gasteiger partial charge in [0.2, 0.25) is 0 Å². The molecule has 0 aliphatic heterocycles. The normalized spacial score (nSPS) is 16.8. The molecule has 0 saturated carbocycles. The SMILES string of the molecule is CC(O)CCNC(C)(CO)c1ccccc1. The molecular formula is C13H21NO2. The topological polar surface area (TPSA) is 52.5 Å². The van der Waals surface area contributed by atoms with Gasteiger partial charge in [-0.05, 0) is 32.4 Å². The van der Waals surface area contributed by atoms with Crippen molar-refractivity contribution in [3.63, 3.8) is 0 Å². The molecule has 3 nitrogen and oxygen atoms in total. The minimum Gasteiger partial charge on any atom is -0.394 e. The first-order valence-corrected chi connectivity index (χ1v) is 5.68. The van der Waals surface area contributed by atoms with Crippen LogP contribution in [0.3, 0.4) is 0 Å². The second-order valence-electron chi connectivity index (χ2n) is 4.42. The first-order valence-electron chi connectivity index (χ1n) is 5.68. The number of nitrogens with one attached hydrogen (secondary N) is 1. The van der Waals surface area contributed by atoms with Crippen LogP contribution in [0.1, 0.15) is 25.8 Å². The highest BCUT2D eigenvalue weighted by atomic mass is 16.3. The van der Waals surface area contributed by atoms with E-state index in [-0.39, 0.29) is 12.7 Å². The van der Waals surface area contributed by atoms with E-state index in [1.807, 2.05) is 37.3 Å². The Labute approximate surface area is 97.1 Å². The highest BCUT2D eigenvalue weighted by Gasteiger charge is 2.24. The monoisotopic (exact) mass is 223 g/mol. The second kappa shape index (κ2) is 5.99. The molecule has 0 aliphatic carbocycles. The van der Waals surface area contributed by atoms with Crippen LogP contribution in [0.2, 0.25) is 0 Å². The fraction of sp³-hybridized carbons (Fsp3) is 0.538. The lowest BCUT2D eigenvalue weighted by molar-refractivity contribution is 0.152. The molecule has 0 heterocycles.